The van der Waals surface area contributed by atoms with Crippen LogP contribution in [0.25, 0.3) is 89.4 Å². The van der Waals surface area contributed by atoms with E-state index >= 15 is 0 Å². The number of hydrogen-bond donors (Lipinski definition) is 0. The fourth-order valence-corrected chi connectivity index (χ4v) is 6.30. The average molecular weight is 542 g/mol. The van der Waals surface area contributed by atoms with Gasteiger partial charge in [-0.1, -0.05) is 97.1 Å². The Labute approximate surface area is 240 Å². The van der Waals surface area contributed by atoms with Gasteiger partial charge in [-0.25, -0.2) is 24.9 Å². The molecule has 1 aliphatic carbocycles. The van der Waals surface area contributed by atoms with Crippen LogP contribution in [0.4, 0.5) is 0 Å². The predicted molar refractivity (Wildman–Crippen MR) is 167 cm³/mol. The quantitative estimate of drug-likeness (QED) is 0.199. The molecule has 0 N–H and O–H groups in total. The molecule has 0 atom stereocenters. The minimum Gasteiger partial charge on any atom is -0.313 e. The molecule has 0 radical (unpaired) electrons. The Morgan fingerprint density at radius 1 is 0.381 bits per heavy atom. The monoisotopic (exact) mass is 541 g/mol. The van der Waals surface area contributed by atoms with Gasteiger partial charge in [-0.3, -0.25) is 0 Å². The summed E-state index contributed by atoms with van der Waals surface area (Å²) in [7, 11) is 4.04. The first-order valence-corrected chi connectivity index (χ1v) is 13.9. The van der Waals surface area contributed by atoms with Gasteiger partial charge in [0, 0.05) is 57.9 Å². The minimum absolute atomic E-state index is 0.638. The molecule has 0 fully saturated rings. The molecule has 0 unspecified atom stereocenters. The first kappa shape index (κ1) is 23.1. The van der Waals surface area contributed by atoms with E-state index in [4.69, 9.17) is 24.9 Å². The number of fused-ring (bicyclic) bond motifs is 20. The van der Waals surface area contributed by atoms with Crippen LogP contribution >= 0.6 is 0 Å². The summed E-state index contributed by atoms with van der Waals surface area (Å²) in [6.45, 7) is 0. The topological polar surface area (TPSA) is 74.3 Å². The fourth-order valence-electron chi connectivity index (χ4n) is 6.30. The second kappa shape index (κ2) is 8.41. The van der Waals surface area contributed by atoms with E-state index in [0.717, 1.165) is 77.8 Å². The van der Waals surface area contributed by atoms with Crippen molar-refractivity contribution in [3.63, 3.8) is 0 Å². The number of aryl methyl sites for hydroxylation is 2. The van der Waals surface area contributed by atoms with Gasteiger partial charge >= 0.3 is 0 Å². The summed E-state index contributed by atoms with van der Waals surface area (Å²) in [6, 6.07) is 35.1. The van der Waals surface area contributed by atoms with Crippen molar-refractivity contribution in [3.8, 4) is 45.3 Å². The van der Waals surface area contributed by atoms with Gasteiger partial charge in [0.15, 0.2) is 11.6 Å². The molecule has 4 aromatic carbocycles. The third-order valence-corrected chi connectivity index (χ3v) is 8.34. The second-order valence-electron chi connectivity index (χ2n) is 10.7. The van der Waals surface area contributed by atoms with Crippen molar-refractivity contribution >= 4 is 44.1 Å². The molecule has 3 aromatic heterocycles. The van der Waals surface area contributed by atoms with Crippen LogP contribution in [-0.4, -0.2) is 34.1 Å². The molecule has 0 saturated heterocycles. The maximum Gasteiger partial charge on any atom is 0.164 e. The molecular weight excluding hydrogens is 518 g/mol. The Morgan fingerprint density at radius 3 is 1.12 bits per heavy atom. The molecule has 7 nitrogen and oxygen atoms in total. The maximum atomic E-state index is 5.27. The lowest BCUT2D eigenvalue weighted by atomic mass is 10.1. The van der Waals surface area contributed by atoms with E-state index in [1.54, 1.807) is 0 Å². The van der Waals surface area contributed by atoms with E-state index < -0.39 is 0 Å². The summed E-state index contributed by atoms with van der Waals surface area (Å²) < 4.78 is 4.12. The zero-order valence-electron chi connectivity index (χ0n) is 22.9. The van der Waals surface area contributed by atoms with Crippen molar-refractivity contribution in [1.82, 2.24) is 34.1 Å². The molecule has 9 rings (SSSR count). The average Bonchev–Trinajstić information content (AvgIpc) is 3.71. The molecular formula is C35H23N7. The Bertz CT molecular complexity index is 2120. The molecule has 7 aromatic rings. The number of benzene rings is 4. The highest BCUT2D eigenvalue weighted by Crippen LogP contribution is 2.39. The van der Waals surface area contributed by atoms with E-state index in [1.165, 1.54) is 0 Å². The molecule has 1 aliphatic heterocycles. The summed E-state index contributed by atoms with van der Waals surface area (Å²) >= 11 is 0. The normalized spacial score (nSPS) is 12.0. The van der Waals surface area contributed by atoms with Crippen LogP contribution in [0.15, 0.2) is 103 Å². The molecule has 42 heavy (non-hydrogen) atoms. The standard InChI is InChI=1S/C35H23N7/c1-41-32-24-15-7-9-17-26(24)34(41)39-30-22-13-5-6-14-23(22)31(38-30)40-35-27-18-10-8-16-25(27)33(42(35)2)37-29-19-28(36-32)20-11-3-4-12-21(20)29/h3-19H,1-2H3. The van der Waals surface area contributed by atoms with E-state index in [9.17, 15) is 0 Å². The lowest BCUT2D eigenvalue weighted by Gasteiger charge is -2.01. The van der Waals surface area contributed by atoms with Gasteiger partial charge in [-0.05, 0) is 6.07 Å². The second-order valence-corrected chi connectivity index (χ2v) is 10.7. The molecule has 0 amide bonds. The number of rotatable bonds is 0. The molecule has 2 aliphatic rings. The Hall–Kier alpha value is -5.69. The van der Waals surface area contributed by atoms with E-state index in [2.05, 4.69) is 75.9 Å². The Balaban J connectivity index is 1.55. The highest BCUT2D eigenvalue weighted by Gasteiger charge is 2.22. The lowest BCUT2D eigenvalue weighted by Crippen LogP contribution is -1.92. The van der Waals surface area contributed by atoms with Crippen molar-refractivity contribution in [1.29, 1.82) is 0 Å². The van der Waals surface area contributed by atoms with Crippen LogP contribution < -0.4 is 0 Å². The Morgan fingerprint density at radius 2 is 0.714 bits per heavy atom. The maximum absolute atomic E-state index is 5.27. The van der Waals surface area contributed by atoms with Gasteiger partial charge < -0.3 is 9.13 Å². The predicted octanol–water partition coefficient (Wildman–Crippen LogP) is 7.50. The molecule has 0 spiro atoms. The number of nitrogens with zero attached hydrogens (tertiary/aromatic N) is 7. The summed E-state index contributed by atoms with van der Waals surface area (Å²) in [5, 5.41) is 4.11. The van der Waals surface area contributed by atoms with Crippen molar-refractivity contribution in [2.45, 2.75) is 0 Å². The highest BCUT2D eigenvalue weighted by molar-refractivity contribution is 6.07. The van der Waals surface area contributed by atoms with Crippen LogP contribution in [0, 0.1) is 0 Å². The number of aromatic nitrogens is 7. The van der Waals surface area contributed by atoms with Crippen LogP contribution in [0.3, 0.4) is 0 Å². The van der Waals surface area contributed by atoms with Crippen molar-refractivity contribution in [2.24, 2.45) is 14.1 Å². The van der Waals surface area contributed by atoms with Gasteiger partial charge in [-0.15, -0.1) is 0 Å². The third-order valence-electron chi connectivity index (χ3n) is 8.34. The van der Waals surface area contributed by atoms with Crippen molar-refractivity contribution in [2.75, 3.05) is 0 Å². The Kier molecular flexibility index (Phi) is 4.62. The van der Waals surface area contributed by atoms with Gasteiger partial charge in [0.05, 0.1) is 11.4 Å². The van der Waals surface area contributed by atoms with Crippen LogP contribution in [0.5, 0.6) is 0 Å². The van der Waals surface area contributed by atoms with E-state index in [1.807, 2.05) is 50.5 Å². The zero-order chi connectivity index (χ0) is 27.9. The first-order valence-electron chi connectivity index (χ1n) is 13.9. The largest absolute Gasteiger partial charge is 0.313 e. The molecule has 8 bridgehead atoms. The van der Waals surface area contributed by atoms with E-state index in [-0.39, 0.29) is 0 Å². The smallest absolute Gasteiger partial charge is 0.164 e. The lowest BCUT2D eigenvalue weighted by molar-refractivity contribution is 0.965. The highest BCUT2D eigenvalue weighted by atomic mass is 15.1. The van der Waals surface area contributed by atoms with Gasteiger partial charge in [0.25, 0.3) is 0 Å². The summed E-state index contributed by atoms with van der Waals surface area (Å²) in [5.74, 6) is 1.28. The van der Waals surface area contributed by atoms with Crippen LogP contribution in [0.1, 0.15) is 0 Å². The van der Waals surface area contributed by atoms with Gasteiger partial charge in [0.1, 0.15) is 22.6 Å². The van der Waals surface area contributed by atoms with Crippen LogP contribution in [-0.2, 0) is 14.1 Å². The van der Waals surface area contributed by atoms with Crippen molar-refractivity contribution < 1.29 is 0 Å². The molecule has 7 heteroatoms. The molecule has 4 heterocycles. The van der Waals surface area contributed by atoms with E-state index in [0.29, 0.717) is 11.6 Å². The fraction of sp³-hybridized carbons (Fsp3) is 0.0571. The SMILES string of the molecule is Cn1c2nc3cc(nc4c5ccccc5c(nc5nc(nc1c1ccccc12)-c1ccccc1-5)n4C)-c1ccccc1-3. The number of hydrogen-bond acceptors (Lipinski definition) is 5. The van der Waals surface area contributed by atoms with Gasteiger partial charge in [0.2, 0.25) is 0 Å². The third kappa shape index (κ3) is 3.13. The summed E-state index contributed by atoms with van der Waals surface area (Å²) in [5.41, 5.74) is 9.06. The van der Waals surface area contributed by atoms with Crippen LogP contribution in [0.2, 0.25) is 0 Å². The minimum atomic E-state index is 0.638. The first-order chi connectivity index (χ1) is 20.7. The zero-order valence-corrected chi connectivity index (χ0v) is 22.9. The van der Waals surface area contributed by atoms with Crippen molar-refractivity contribution in [3.05, 3.63) is 103 Å². The molecule has 0 saturated carbocycles. The molecule has 198 valence electrons. The summed E-state index contributed by atoms with van der Waals surface area (Å²) in [4.78, 5) is 25.9. The summed E-state index contributed by atoms with van der Waals surface area (Å²) in [6.07, 6.45) is 0. The van der Waals surface area contributed by atoms with Gasteiger partial charge in [-0.2, -0.15) is 0 Å².